The molecule has 0 spiro atoms. The van der Waals surface area contributed by atoms with Crippen molar-refractivity contribution in [3.05, 3.63) is 99.5 Å². The molecule has 5 nitrogen and oxygen atoms in total. The number of rotatable bonds is 6. The Balaban J connectivity index is 1.59. The van der Waals surface area contributed by atoms with Crippen LogP contribution in [0, 0.1) is 12.7 Å². The molecule has 162 valence electrons. The number of carbonyl (C=O) groups excluding carboxylic acids is 1. The molecule has 3 aromatic carbocycles. The summed E-state index contributed by atoms with van der Waals surface area (Å²) in [6.45, 7) is 2.34. The molecule has 1 aliphatic heterocycles. The number of halogens is 2. The molecular weight excluding hydrogens is 433 g/mol. The van der Waals surface area contributed by atoms with Gasteiger partial charge in [-0.3, -0.25) is 0 Å². The van der Waals surface area contributed by atoms with Gasteiger partial charge in [-0.25, -0.2) is 14.2 Å². The number of benzene rings is 3. The highest BCUT2D eigenvalue weighted by molar-refractivity contribution is 6.32. The summed E-state index contributed by atoms with van der Waals surface area (Å²) in [4.78, 5) is 16.4. The van der Waals surface area contributed by atoms with Gasteiger partial charge in [0, 0.05) is 5.56 Å². The number of aliphatic imine (C=N–C) groups is 1. The van der Waals surface area contributed by atoms with E-state index in [2.05, 4.69) is 4.99 Å². The topological polar surface area (TPSA) is 57.1 Å². The lowest BCUT2D eigenvalue weighted by Gasteiger charge is -2.13. The van der Waals surface area contributed by atoms with Gasteiger partial charge in [-0.1, -0.05) is 47.5 Å². The molecule has 0 aliphatic carbocycles. The molecule has 0 saturated heterocycles. The van der Waals surface area contributed by atoms with E-state index in [1.165, 1.54) is 31.4 Å². The van der Waals surface area contributed by atoms with Crippen molar-refractivity contribution in [2.45, 2.75) is 13.5 Å². The van der Waals surface area contributed by atoms with E-state index in [1.54, 1.807) is 18.2 Å². The van der Waals surface area contributed by atoms with Crippen LogP contribution in [0.3, 0.4) is 0 Å². The monoisotopic (exact) mass is 451 g/mol. The van der Waals surface area contributed by atoms with Gasteiger partial charge in [0.25, 0.3) is 0 Å². The van der Waals surface area contributed by atoms with E-state index in [4.69, 9.17) is 25.8 Å². The SMILES string of the molecule is COc1cc(/C=C2\N=C(c3cccc(F)c3)OC2=O)cc(Cl)c1OCc1ccc(C)cc1. The number of ether oxygens (including phenoxy) is 3. The fourth-order valence-electron chi connectivity index (χ4n) is 3.12. The van der Waals surface area contributed by atoms with Crippen molar-refractivity contribution in [3.63, 3.8) is 0 Å². The van der Waals surface area contributed by atoms with E-state index in [1.807, 2.05) is 31.2 Å². The molecule has 0 unspecified atom stereocenters. The van der Waals surface area contributed by atoms with E-state index in [9.17, 15) is 9.18 Å². The number of carbonyl (C=O) groups is 1. The summed E-state index contributed by atoms with van der Waals surface area (Å²) in [6, 6.07) is 17.0. The van der Waals surface area contributed by atoms with Crippen molar-refractivity contribution in [1.82, 2.24) is 0 Å². The van der Waals surface area contributed by atoms with Crippen LogP contribution < -0.4 is 9.47 Å². The number of methoxy groups -OCH3 is 1. The van der Waals surface area contributed by atoms with Crippen LogP contribution >= 0.6 is 11.6 Å². The standard InChI is InChI=1S/C25H19ClFNO4/c1-15-6-8-16(9-7-15)14-31-23-20(26)10-17(12-22(23)30-2)11-21-25(29)32-24(28-21)18-4-3-5-19(27)13-18/h3-13H,14H2,1-2H3/b21-11-. The predicted molar refractivity (Wildman–Crippen MR) is 121 cm³/mol. The Morgan fingerprint density at radius 1 is 1.12 bits per heavy atom. The summed E-state index contributed by atoms with van der Waals surface area (Å²) in [6.07, 6.45) is 1.52. The largest absolute Gasteiger partial charge is 0.493 e. The highest BCUT2D eigenvalue weighted by Gasteiger charge is 2.25. The third kappa shape index (κ3) is 4.81. The first kappa shape index (κ1) is 21.6. The van der Waals surface area contributed by atoms with Gasteiger partial charge in [0.05, 0.1) is 12.1 Å². The first-order valence-electron chi connectivity index (χ1n) is 9.77. The second-order valence-electron chi connectivity index (χ2n) is 7.15. The average Bonchev–Trinajstić information content (AvgIpc) is 3.14. The molecular formula is C25H19ClFNO4. The maximum absolute atomic E-state index is 13.5. The van der Waals surface area contributed by atoms with E-state index in [0.29, 0.717) is 34.3 Å². The summed E-state index contributed by atoms with van der Waals surface area (Å²) < 4.78 is 30.0. The number of aryl methyl sites for hydroxylation is 1. The third-order valence-electron chi connectivity index (χ3n) is 4.75. The number of hydrogen-bond acceptors (Lipinski definition) is 5. The molecule has 3 aromatic rings. The summed E-state index contributed by atoms with van der Waals surface area (Å²) in [7, 11) is 1.51. The Kier molecular flexibility index (Phi) is 6.23. The quantitative estimate of drug-likeness (QED) is 0.355. The molecule has 32 heavy (non-hydrogen) atoms. The van der Waals surface area contributed by atoms with Gasteiger partial charge >= 0.3 is 5.97 Å². The van der Waals surface area contributed by atoms with Gasteiger partial charge in [-0.05, 0) is 54.5 Å². The van der Waals surface area contributed by atoms with Gasteiger partial charge < -0.3 is 14.2 Å². The molecule has 1 heterocycles. The first-order chi connectivity index (χ1) is 15.4. The summed E-state index contributed by atoms with van der Waals surface area (Å²) in [5, 5.41) is 0.323. The van der Waals surface area contributed by atoms with Crippen LogP contribution in [0.1, 0.15) is 22.3 Å². The van der Waals surface area contributed by atoms with E-state index in [0.717, 1.165) is 11.1 Å². The lowest BCUT2D eigenvalue weighted by atomic mass is 10.1. The average molecular weight is 452 g/mol. The Hall–Kier alpha value is -3.64. The fourth-order valence-corrected chi connectivity index (χ4v) is 3.39. The predicted octanol–water partition coefficient (Wildman–Crippen LogP) is 5.72. The molecule has 0 amide bonds. The zero-order chi connectivity index (χ0) is 22.7. The van der Waals surface area contributed by atoms with Gasteiger partial charge in [0.15, 0.2) is 17.2 Å². The maximum Gasteiger partial charge on any atom is 0.363 e. The number of esters is 1. The van der Waals surface area contributed by atoms with E-state index in [-0.39, 0.29) is 11.6 Å². The molecule has 1 aliphatic rings. The Labute approximate surface area is 189 Å². The molecule has 0 saturated carbocycles. The molecule has 4 rings (SSSR count). The second-order valence-corrected chi connectivity index (χ2v) is 7.56. The van der Waals surface area contributed by atoms with Crippen LogP contribution in [-0.2, 0) is 16.1 Å². The second kappa shape index (κ2) is 9.24. The van der Waals surface area contributed by atoms with E-state index < -0.39 is 11.8 Å². The lowest BCUT2D eigenvalue weighted by molar-refractivity contribution is -0.129. The van der Waals surface area contributed by atoms with Crippen LogP contribution in [0.5, 0.6) is 11.5 Å². The summed E-state index contributed by atoms with van der Waals surface area (Å²) in [5.74, 6) is -0.237. The van der Waals surface area contributed by atoms with Crippen molar-refractivity contribution < 1.29 is 23.4 Å². The van der Waals surface area contributed by atoms with Gasteiger partial charge in [-0.15, -0.1) is 0 Å². The highest BCUT2D eigenvalue weighted by Crippen LogP contribution is 2.38. The number of cyclic esters (lactones) is 1. The van der Waals surface area contributed by atoms with Gasteiger partial charge in [0.2, 0.25) is 5.90 Å². The number of nitrogens with zero attached hydrogens (tertiary/aromatic N) is 1. The first-order valence-corrected chi connectivity index (χ1v) is 10.1. The van der Waals surface area contributed by atoms with Gasteiger partial charge in [-0.2, -0.15) is 0 Å². The zero-order valence-corrected chi connectivity index (χ0v) is 18.2. The van der Waals surface area contributed by atoms with Crippen molar-refractivity contribution in [2.75, 3.05) is 7.11 Å². The number of hydrogen-bond donors (Lipinski definition) is 0. The lowest BCUT2D eigenvalue weighted by Crippen LogP contribution is -2.05. The zero-order valence-electron chi connectivity index (χ0n) is 17.4. The van der Waals surface area contributed by atoms with Crippen LogP contribution in [-0.4, -0.2) is 19.0 Å². The summed E-state index contributed by atoms with van der Waals surface area (Å²) in [5.41, 5.74) is 3.17. The van der Waals surface area contributed by atoms with Crippen molar-refractivity contribution in [1.29, 1.82) is 0 Å². The van der Waals surface area contributed by atoms with Crippen molar-refractivity contribution in [2.24, 2.45) is 4.99 Å². The highest BCUT2D eigenvalue weighted by atomic mass is 35.5. The Morgan fingerprint density at radius 3 is 2.62 bits per heavy atom. The van der Waals surface area contributed by atoms with Crippen LogP contribution in [0.15, 0.2) is 71.4 Å². The van der Waals surface area contributed by atoms with Crippen LogP contribution in [0.4, 0.5) is 4.39 Å². The fraction of sp³-hybridized carbons (Fsp3) is 0.120. The molecule has 7 heteroatoms. The van der Waals surface area contributed by atoms with Gasteiger partial charge in [0.1, 0.15) is 12.4 Å². The molecule has 0 radical (unpaired) electrons. The Morgan fingerprint density at radius 2 is 1.91 bits per heavy atom. The molecule has 0 N–H and O–H groups in total. The van der Waals surface area contributed by atoms with E-state index >= 15 is 0 Å². The minimum Gasteiger partial charge on any atom is -0.493 e. The van der Waals surface area contributed by atoms with Crippen LogP contribution in [0.2, 0.25) is 5.02 Å². The normalized spacial score (nSPS) is 14.3. The Bertz CT molecular complexity index is 1240. The van der Waals surface area contributed by atoms with Crippen molar-refractivity contribution >= 4 is 29.5 Å². The summed E-state index contributed by atoms with van der Waals surface area (Å²) >= 11 is 6.44. The minimum absolute atomic E-state index is 0.0388. The van der Waals surface area contributed by atoms with Crippen molar-refractivity contribution in [3.8, 4) is 11.5 Å². The maximum atomic E-state index is 13.5. The van der Waals surface area contributed by atoms with Crippen LogP contribution in [0.25, 0.3) is 6.08 Å². The third-order valence-corrected chi connectivity index (χ3v) is 5.03. The minimum atomic E-state index is -0.640. The molecule has 0 bridgehead atoms. The molecule has 0 fully saturated rings. The molecule has 0 aromatic heterocycles. The molecule has 0 atom stereocenters. The smallest absolute Gasteiger partial charge is 0.363 e.